The van der Waals surface area contributed by atoms with Crippen LogP contribution in [-0.2, 0) is 6.42 Å². The minimum absolute atomic E-state index is 0.258. The van der Waals surface area contributed by atoms with Crippen LogP contribution >= 0.6 is 0 Å². The van der Waals surface area contributed by atoms with Crippen LogP contribution in [0.3, 0.4) is 0 Å². The lowest BCUT2D eigenvalue weighted by atomic mass is 9.85. The number of benzene rings is 7. The molecule has 2 aliphatic rings. The number of hydrogen-bond donors (Lipinski definition) is 0. The maximum atomic E-state index is 5.26. The molecule has 0 saturated carbocycles. The summed E-state index contributed by atoms with van der Waals surface area (Å²) in [6, 6.07) is 57.8. The number of para-hydroxylation sites is 1. The normalized spacial score (nSPS) is 14.5. The summed E-state index contributed by atoms with van der Waals surface area (Å²) in [6.07, 6.45) is 9.48. The van der Waals surface area contributed by atoms with Crippen LogP contribution in [0.1, 0.15) is 5.56 Å². The van der Waals surface area contributed by atoms with Crippen LogP contribution in [0.2, 0.25) is 0 Å². The lowest BCUT2D eigenvalue weighted by molar-refractivity contribution is 0.831. The fraction of sp³-hybridized carbons (Fsp3) is 0.0385. The molecule has 1 atom stereocenters. The summed E-state index contributed by atoms with van der Waals surface area (Å²) in [5.74, 6) is 0.950. The number of aromatic nitrogens is 3. The van der Waals surface area contributed by atoms with Crippen molar-refractivity contribution in [3.8, 4) is 56.3 Å². The Labute approximate surface area is 324 Å². The Morgan fingerprint density at radius 1 is 0.446 bits per heavy atom. The first kappa shape index (κ1) is 32.2. The zero-order valence-electron chi connectivity index (χ0n) is 30.5. The molecule has 11 rings (SSSR count). The van der Waals surface area contributed by atoms with Crippen molar-refractivity contribution in [1.82, 2.24) is 15.0 Å². The second-order valence-corrected chi connectivity index (χ2v) is 14.6. The maximum Gasteiger partial charge on any atom is 0.160 e. The molecule has 4 nitrogen and oxygen atoms in total. The zero-order valence-corrected chi connectivity index (χ0v) is 30.5. The molecule has 9 aromatic rings. The van der Waals surface area contributed by atoms with E-state index < -0.39 is 0 Å². The Kier molecular flexibility index (Phi) is 7.59. The van der Waals surface area contributed by atoms with E-state index in [2.05, 4.69) is 188 Å². The average molecular weight is 715 g/mol. The molecule has 0 fully saturated rings. The van der Waals surface area contributed by atoms with Gasteiger partial charge in [-0.05, 0) is 75.5 Å². The van der Waals surface area contributed by atoms with Gasteiger partial charge in [0.15, 0.2) is 5.82 Å². The van der Waals surface area contributed by atoms with E-state index >= 15 is 0 Å². The van der Waals surface area contributed by atoms with Gasteiger partial charge in [-0.2, -0.15) is 0 Å². The predicted octanol–water partition coefficient (Wildman–Crippen LogP) is 13.0. The van der Waals surface area contributed by atoms with Gasteiger partial charge < -0.3 is 0 Å². The van der Waals surface area contributed by atoms with E-state index in [9.17, 15) is 0 Å². The highest BCUT2D eigenvalue weighted by molar-refractivity contribution is 6.07. The van der Waals surface area contributed by atoms with Crippen LogP contribution in [0.4, 0.5) is 5.69 Å². The van der Waals surface area contributed by atoms with Crippen molar-refractivity contribution in [3.63, 3.8) is 0 Å². The lowest BCUT2D eigenvalue weighted by Crippen LogP contribution is -2.19. The fourth-order valence-corrected chi connectivity index (χ4v) is 8.24. The van der Waals surface area contributed by atoms with Crippen molar-refractivity contribution in [2.45, 2.75) is 6.42 Å². The molecule has 0 spiro atoms. The van der Waals surface area contributed by atoms with E-state index in [4.69, 9.17) is 19.9 Å². The van der Waals surface area contributed by atoms with Crippen LogP contribution in [0.5, 0.6) is 0 Å². The Balaban J connectivity index is 0.987. The SMILES string of the molecule is C1=CC2=Nc3c(c(-c4cccc(-c5ccc(-c6nc(-c7ccc8ccccc8c7)cc(-c7ccc8ccccc8c7)n6)cc5)c4)nc4ccccc34)C[C@@H]2C=C1. The number of nitrogens with zero attached hydrogens (tertiary/aromatic N) is 4. The summed E-state index contributed by atoms with van der Waals surface area (Å²) in [4.78, 5) is 20.8. The van der Waals surface area contributed by atoms with Crippen molar-refractivity contribution < 1.29 is 0 Å². The molecule has 4 heteroatoms. The van der Waals surface area contributed by atoms with Crippen LogP contribution in [0.25, 0.3) is 88.7 Å². The molecule has 0 amide bonds. The third kappa shape index (κ3) is 5.71. The third-order valence-electron chi connectivity index (χ3n) is 11.2. The predicted molar refractivity (Wildman–Crippen MR) is 232 cm³/mol. The number of allylic oxidation sites excluding steroid dienone is 4. The smallest absolute Gasteiger partial charge is 0.160 e. The highest BCUT2D eigenvalue weighted by atomic mass is 14.9. The second kappa shape index (κ2) is 13.2. The van der Waals surface area contributed by atoms with Crippen molar-refractivity contribution >= 4 is 43.8 Å². The van der Waals surface area contributed by atoms with Gasteiger partial charge in [0.1, 0.15) is 0 Å². The van der Waals surface area contributed by atoms with Gasteiger partial charge in [0.25, 0.3) is 0 Å². The molecular formula is C52H34N4. The molecule has 7 aromatic carbocycles. The van der Waals surface area contributed by atoms with Crippen LogP contribution in [0.15, 0.2) is 193 Å². The highest BCUT2D eigenvalue weighted by Crippen LogP contribution is 2.42. The molecule has 0 saturated heterocycles. The Hall–Kier alpha value is -7.30. The zero-order chi connectivity index (χ0) is 37.0. The van der Waals surface area contributed by atoms with Crippen molar-refractivity contribution in [2.75, 3.05) is 0 Å². The first-order valence-electron chi connectivity index (χ1n) is 19.1. The number of rotatable bonds is 5. The highest BCUT2D eigenvalue weighted by Gasteiger charge is 2.26. The quantitative estimate of drug-likeness (QED) is 0.178. The monoisotopic (exact) mass is 714 g/mol. The summed E-state index contributed by atoms with van der Waals surface area (Å²) in [5, 5.41) is 5.88. The van der Waals surface area contributed by atoms with Gasteiger partial charge in [0.2, 0.25) is 0 Å². The van der Waals surface area contributed by atoms with Gasteiger partial charge in [0.05, 0.1) is 28.3 Å². The minimum atomic E-state index is 0.258. The summed E-state index contributed by atoms with van der Waals surface area (Å²) in [5.41, 5.74) is 13.5. The summed E-state index contributed by atoms with van der Waals surface area (Å²) in [7, 11) is 0. The molecule has 1 aliphatic carbocycles. The van der Waals surface area contributed by atoms with E-state index in [0.29, 0.717) is 5.82 Å². The number of pyridine rings is 1. The maximum absolute atomic E-state index is 5.26. The molecule has 0 radical (unpaired) electrons. The first-order chi connectivity index (χ1) is 27.7. The first-order valence-corrected chi connectivity index (χ1v) is 19.1. The summed E-state index contributed by atoms with van der Waals surface area (Å²) in [6.45, 7) is 0. The van der Waals surface area contributed by atoms with Gasteiger partial charge in [0, 0.05) is 44.8 Å². The third-order valence-corrected chi connectivity index (χ3v) is 11.2. The molecule has 262 valence electrons. The fourth-order valence-electron chi connectivity index (χ4n) is 8.24. The minimum Gasteiger partial charge on any atom is -0.252 e. The summed E-state index contributed by atoms with van der Waals surface area (Å²) >= 11 is 0. The summed E-state index contributed by atoms with van der Waals surface area (Å²) < 4.78 is 0. The van der Waals surface area contributed by atoms with Gasteiger partial charge in [-0.25, -0.2) is 15.0 Å². The van der Waals surface area contributed by atoms with Crippen LogP contribution < -0.4 is 0 Å². The van der Waals surface area contributed by atoms with E-state index in [1.54, 1.807) is 0 Å². The molecule has 0 N–H and O–H groups in total. The molecule has 56 heavy (non-hydrogen) atoms. The van der Waals surface area contributed by atoms with Crippen molar-refractivity contribution in [3.05, 3.63) is 194 Å². The van der Waals surface area contributed by atoms with Crippen LogP contribution in [-0.4, -0.2) is 20.7 Å². The lowest BCUT2D eigenvalue weighted by Gasteiger charge is -2.25. The number of fused-ring (bicyclic) bond motifs is 6. The van der Waals surface area contributed by atoms with E-state index in [-0.39, 0.29) is 5.92 Å². The number of hydrogen-bond acceptors (Lipinski definition) is 4. The van der Waals surface area contributed by atoms with Crippen LogP contribution in [0, 0.1) is 5.92 Å². The molecule has 2 aromatic heterocycles. The standard InChI is InChI=1S/C52H34N4/c1-3-12-37-28-41(26-22-33(37)10-1)48-32-49(42-27-23-34-11-2-4-13-38(34)29-42)56-52(55-48)36-24-20-35(21-25-36)39-15-9-16-43(30-39)50-45-31-40-14-5-7-18-46(40)53-51(45)44-17-6-8-19-47(44)54-50/h1-30,32,40H,31H2/t40-/m0/s1. The Morgan fingerprint density at radius 3 is 1.80 bits per heavy atom. The molecule has 1 aliphatic heterocycles. The molecule has 3 heterocycles. The van der Waals surface area contributed by atoms with Gasteiger partial charge in [-0.3, -0.25) is 4.99 Å². The Morgan fingerprint density at radius 2 is 1.07 bits per heavy atom. The molecule has 0 bridgehead atoms. The largest absolute Gasteiger partial charge is 0.252 e. The van der Waals surface area contributed by atoms with Crippen molar-refractivity contribution in [2.24, 2.45) is 10.9 Å². The molecular weight excluding hydrogens is 681 g/mol. The van der Waals surface area contributed by atoms with Crippen molar-refractivity contribution in [1.29, 1.82) is 0 Å². The second-order valence-electron chi connectivity index (χ2n) is 14.6. The van der Waals surface area contributed by atoms with Gasteiger partial charge in [-0.15, -0.1) is 0 Å². The van der Waals surface area contributed by atoms with Gasteiger partial charge >= 0.3 is 0 Å². The topological polar surface area (TPSA) is 51.0 Å². The average Bonchev–Trinajstić information content (AvgIpc) is 3.27. The van der Waals surface area contributed by atoms with E-state index in [1.165, 1.54) is 27.1 Å². The van der Waals surface area contributed by atoms with Gasteiger partial charge in [-0.1, -0.05) is 152 Å². The Bertz CT molecular complexity index is 3020. The van der Waals surface area contributed by atoms with E-state index in [1.807, 2.05) is 0 Å². The van der Waals surface area contributed by atoms with E-state index in [0.717, 1.165) is 79.2 Å². The number of aliphatic imine (C=N–C) groups is 1. The molecule has 0 unspecified atom stereocenters.